The lowest BCUT2D eigenvalue weighted by atomic mass is 10.0. The third kappa shape index (κ3) is 2.91. The van der Waals surface area contributed by atoms with Gasteiger partial charge in [0.2, 0.25) is 0 Å². The summed E-state index contributed by atoms with van der Waals surface area (Å²) in [5.41, 5.74) is 3.38. The van der Waals surface area contributed by atoms with E-state index in [0.717, 1.165) is 28.2 Å². The highest BCUT2D eigenvalue weighted by Crippen LogP contribution is 2.32. The second-order valence-electron chi connectivity index (χ2n) is 4.12. The van der Waals surface area contributed by atoms with E-state index in [-0.39, 0.29) is 0 Å². The van der Waals surface area contributed by atoms with E-state index in [0.29, 0.717) is 0 Å². The summed E-state index contributed by atoms with van der Waals surface area (Å²) in [4.78, 5) is 0. The molecule has 1 aromatic carbocycles. The Balaban J connectivity index is 2.57. The fraction of sp³-hybridized carbons (Fsp3) is 0.200. The molecule has 1 heterocycles. The van der Waals surface area contributed by atoms with Crippen molar-refractivity contribution >= 4 is 0 Å². The van der Waals surface area contributed by atoms with E-state index < -0.39 is 0 Å². The Morgan fingerprint density at radius 3 is 2.21 bits per heavy atom. The van der Waals surface area contributed by atoms with Gasteiger partial charge in [-0.1, -0.05) is 6.07 Å². The molecule has 0 amide bonds. The van der Waals surface area contributed by atoms with Crippen molar-refractivity contribution in [2.45, 2.75) is 6.92 Å². The summed E-state index contributed by atoms with van der Waals surface area (Å²) in [6.07, 6.45) is 3.72. The lowest BCUT2D eigenvalue weighted by molar-refractivity contribution is 0.355. The van der Waals surface area contributed by atoms with E-state index in [9.17, 15) is 0 Å². The third-order valence-electron chi connectivity index (χ3n) is 2.95. The van der Waals surface area contributed by atoms with Crippen LogP contribution in [0.15, 0.2) is 42.7 Å². The minimum atomic E-state index is 0.728. The molecule has 0 saturated carbocycles. The van der Waals surface area contributed by atoms with E-state index in [1.165, 1.54) is 0 Å². The molecule has 0 saturated heterocycles. The standard InChI is InChI=1S/C15H18N2O2/c1-11-6-8-16-17-9-7-13(11)12-4-5-14(18-2)15(10-12)19-3/h4-10,16-17H,1-3H3. The fourth-order valence-electron chi connectivity index (χ4n) is 1.94. The molecule has 0 fully saturated rings. The third-order valence-corrected chi connectivity index (χ3v) is 2.95. The molecule has 0 aliphatic rings. The summed E-state index contributed by atoms with van der Waals surface area (Å²) >= 11 is 0. The lowest BCUT2D eigenvalue weighted by Crippen LogP contribution is -1.91. The average molecular weight is 258 g/mol. The molecule has 2 N–H and O–H groups in total. The summed E-state index contributed by atoms with van der Waals surface area (Å²) in [7, 11) is 3.28. The van der Waals surface area contributed by atoms with Crippen LogP contribution in [0.3, 0.4) is 0 Å². The molecule has 4 heteroatoms. The number of rotatable bonds is 3. The Labute approximate surface area is 112 Å². The Kier molecular flexibility index (Phi) is 4.13. The van der Waals surface area contributed by atoms with Crippen molar-refractivity contribution in [3.05, 3.63) is 48.3 Å². The summed E-state index contributed by atoms with van der Waals surface area (Å²) in [6.45, 7) is 2.07. The number of aryl methyl sites for hydroxylation is 1. The van der Waals surface area contributed by atoms with Crippen molar-refractivity contribution in [1.29, 1.82) is 0 Å². The molecule has 2 aromatic rings. The van der Waals surface area contributed by atoms with E-state index in [2.05, 4.69) is 17.1 Å². The quantitative estimate of drug-likeness (QED) is 0.885. The van der Waals surface area contributed by atoms with Crippen molar-refractivity contribution in [2.24, 2.45) is 0 Å². The number of methoxy groups -OCH3 is 2. The van der Waals surface area contributed by atoms with Gasteiger partial charge in [0.1, 0.15) is 0 Å². The summed E-state index contributed by atoms with van der Waals surface area (Å²) in [5.74, 6) is 1.46. The Morgan fingerprint density at radius 1 is 0.842 bits per heavy atom. The number of hydrogen-bond donors (Lipinski definition) is 2. The maximum absolute atomic E-state index is 5.34. The van der Waals surface area contributed by atoms with Gasteiger partial charge in [0, 0.05) is 12.4 Å². The van der Waals surface area contributed by atoms with Crippen molar-refractivity contribution < 1.29 is 9.47 Å². The molecule has 0 radical (unpaired) electrons. The van der Waals surface area contributed by atoms with Gasteiger partial charge in [-0.25, -0.2) is 0 Å². The van der Waals surface area contributed by atoms with Gasteiger partial charge >= 0.3 is 0 Å². The van der Waals surface area contributed by atoms with Crippen molar-refractivity contribution in [3.8, 4) is 22.6 Å². The van der Waals surface area contributed by atoms with Crippen LogP contribution in [0.2, 0.25) is 0 Å². The molecule has 0 aliphatic carbocycles. The van der Waals surface area contributed by atoms with E-state index in [1.807, 2.05) is 42.7 Å². The zero-order valence-corrected chi connectivity index (χ0v) is 11.4. The molecule has 100 valence electrons. The van der Waals surface area contributed by atoms with Gasteiger partial charge in [-0.2, -0.15) is 0 Å². The van der Waals surface area contributed by atoms with Gasteiger partial charge in [0.05, 0.1) is 14.2 Å². The molecule has 0 spiro atoms. The molecule has 4 nitrogen and oxygen atoms in total. The van der Waals surface area contributed by atoms with Gasteiger partial charge in [-0.15, -0.1) is 0 Å². The van der Waals surface area contributed by atoms with Gasteiger partial charge in [0.15, 0.2) is 11.5 Å². The number of nitrogens with one attached hydrogen (secondary N) is 2. The molecule has 19 heavy (non-hydrogen) atoms. The smallest absolute Gasteiger partial charge is 0.161 e. The number of aromatic amines is 2. The molecular weight excluding hydrogens is 240 g/mol. The highest BCUT2D eigenvalue weighted by molar-refractivity contribution is 5.69. The van der Waals surface area contributed by atoms with Gasteiger partial charge in [-0.05, 0) is 47.9 Å². The first-order chi connectivity index (χ1) is 9.26. The van der Waals surface area contributed by atoms with Gasteiger partial charge in [-0.3, -0.25) is 0 Å². The summed E-state index contributed by atoms with van der Waals surface area (Å²) in [5, 5.41) is 5.89. The minimum Gasteiger partial charge on any atom is -0.493 e. The predicted octanol–water partition coefficient (Wildman–Crippen LogP) is 3.46. The summed E-state index contributed by atoms with van der Waals surface area (Å²) in [6, 6.07) is 9.95. The lowest BCUT2D eigenvalue weighted by Gasteiger charge is -2.10. The topological polar surface area (TPSA) is 50.0 Å². The first-order valence-corrected chi connectivity index (χ1v) is 6.03. The molecule has 2 rings (SSSR count). The highest BCUT2D eigenvalue weighted by Gasteiger charge is 2.06. The number of aromatic nitrogens is 2. The zero-order chi connectivity index (χ0) is 13.7. The highest BCUT2D eigenvalue weighted by atomic mass is 16.5. The van der Waals surface area contributed by atoms with Crippen molar-refractivity contribution in [1.82, 2.24) is 10.2 Å². The maximum atomic E-state index is 5.34. The van der Waals surface area contributed by atoms with Crippen LogP contribution in [0.1, 0.15) is 5.56 Å². The second-order valence-corrected chi connectivity index (χ2v) is 4.12. The van der Waals surface area contributed by atoms with Gasteiger partial charge < -0.3 is 19.7 Å². The minimum absolute atomic E-state index is 0.728. The largest absolute Gasteiger partial charge is 0.493 e. The van der Waals surface area contributed by atoms with E-state index in [4.69, 9.17) is 9.47 Å². The van der Waals surface area contributed by atoms with Crippen LogP contribution in [-0.2, 0) is 0 Å². The molecule has 0 bridgehead atoms. The second kappa shape index (κ2) is 6.00. The predicted molar refractivity (Wildman–Crippen MR) is 76.0 cm³/mol. The number of hydrogen-bond acceptors (Lipinski definition) is 2. The average Bonchev–Trinajstić information content (AvgIpc) is 2.42. The zero-order valence-electron chi connectivity index (χ0n) is 11.4. The molecule has 0 atom stereocenters. The first kappa shape index (κ1) is 13.1. The van der Waals surface area contributed by atoms with E-state index in [1.54, 1.807) is 14.2 Å². The number of H-pyrrole nitrogens is 2. The number of benzene rings is 1. The van der Waals surface area contributed by atoms with Crippen molar-refractivity contribution in [3.63, 3.8) is 0 Å². The summed E-state index contributed by atoms with van der Waals surface area (Å²) < 4.78 is 10.6. The van der Waals surface area contributed by atoms with Gasteiger partial charge in [0.25, 0.3) is 0 Å². The fourth-order valence-corrected chi connectivity index (χ4v) is 1.94. The van der Waals surface area contributed by atoms with Crippen LogP contribution in [0, 0.1) is 6.92 Å². The van der Waals surface area contributed by atoms with Crippen LogP contribution in [-0.4, -0.2) is 24.4 Å². The Bertz CT molecular complexity index is 598. The van der Waals surface area contributed by atoms with E-state index >= 15 is 0 Å². The van der Waals surface area contributed by atoms with Crippen LogP contribution in [0.4, 0.5) is 0 Å². The monoisotopic (exact) mass is 258 g/mol. The molecule has 0 aliphatic heterocycles. The first-order valence-electron chi connectivity index (χ1n) is 6.03. The van der Waals surface area contributed by atoms with Crippen molar-refractivity contribution in [2.75, 3.05) is 14.2 Å². The molecular formula is C15H18N2O2. The van der Waals surface area contributed by atoms with Crippen LogP contribution >= 0.6 is 0 Å². The Hall–Kier alpha value is -2.36. The van der Waals surface area contributed by atoms with Crippen LogP contribution in [0.5, 0.6) is 11.5 Å². The normalized spacial score (nSPS) is 9.84. The SMILES string of the molecule is COc1ccc(-c2cc[nH][nH]ccc2C)cc1OC. The maximum Gasteiger partial charge on any atom is 0.161 e. The number of ether oxygens (including phenoxy) is 2. The molecule has 0 unspecified atom stereocenters. The Morgan fingerprint density at radius 2 is 1.53 bits per heavy atom. The molecule has 1 aromatic heterocycles. The van der Waals surface area contributed by atoms with Crippen LogP contribution < -0.4 is 9.47 Å². The van der Waals surface area contributed by atoms with Crippen LogP contribution in [0.25, 0.3) is 11.1 Å².